The number of hydrogen-bond acceptors (Lipinski definition) is 5. The third kappa shape index (κ3) is 2.82. The summed E-state index contributed by atoms with van der Waals surface area (Å²) in [6, 6.07) is 8.70. The lowest BCUT2D eigenvalue weighted by Crippen LogP contribution is -2.36. The minimum atomic E-state index is -3.03. The van der Waals surface area contributed by atoms with Crippen LogP contribution in [0.4, 0.5) is 5.82 Å². The van der Waals surface area contributed by atoms with Gasteiger partial charge < -0.3 is 11.1 Å². The Morgan fingerprint density at radius 2 is 2.10 bits per heavy atom. The number of aromatic nitrogens is 1. The highest BCUT2D eigenvalue weighted by molar-refractivity contribution is 7.91. The molecule has 1 amide bonds. The first-order valence-electron chi connectivity index (χ1n) is 6.61. The SMILES string of the molecule is Nc1nc(C(=O)NC2CCS(=O)(=O)C2)cc2ccccc12. The summed E-state index contributed by atoms with van der Waals surface area (Å²) in [5, 5.41) is 4.32. The molecule has 1 fully saturated rings. The van der Waals surface area contributed by atoms with E-state index in [1.807, 2.05) is 24.3 Å². The molecular weight excluding hydrogens is 290 g/mol. The maximum absolute atomic E-state index is 12.2. The molecule has 0 aliphatic carbocycles. The van der Waals surface area contributed by atoms with Gasteiger partial charge in [0.1, 0.15) is 11.5 Å². The zero-order chi connectivity index (χ0) is 15.0. The van der Waals surface area contributed by atoms with E-state index in [0.717, 1.165) is 10.8 Å². The predicted octanol–water partition coefficient (Wildman–Crippen LogP) is 0.734. The average Bonchev–Trinajstić information content (AvgIpc) is 2.78. The molecule has 1 aliphatic heterocycles. The molecule has 1 aromatic heterocycles. The molecule has 0 bridgehead atoms. The molecule has 1 aromatic carbocycles. The predicted molar refractivity (Wildman–Crippen MR) is 80.7 cm³/mol. The number of amides is 1. The Kier molecular flexibility index (Phi) is 3.29. The van der Waals surface area contributed by atoms with Gasteiger partial charge in [0.25, 0.3) is 5.91 Å². The van der Waals surface area contributed by atoms with E-state index in [1.54, 1.807) is 6.07 Å². The summed E-state index contributed by atoms with van der Waals surface area (Å²) in [4.78, 5) is 16.3. The van der Waals surface area contributed by atoms with E-state index < -0.39 is 15.7 Å². The highest BCUT2D eigenvalue weighted by Crippen LogP contribution is 2.20. The molecule has 1 atom stereocenters. The van der Waals surface area contributed by atoms with Crippen LogP contribution in [0.25, 0.3) is 10.8 Å². The molecule has 21 heavy (non-hydrogen) atoms. The molecule has 1 aliphatic rings. The summed E-state index contributed by atoms with van der Waals surface area (Å²) < 4.78 is 22.8. The van der Waals surface area contributed by atoms with Gasteiger partial charge in [0.05, 0.1) is 11.5 Å². The summed E-state index contributed by atoms with van der Waals surface area (Å²) in [6.45, 7) is 0. The van der Waals surface area contributed by atoms with Crippen molar-refractivity contribution in [2.45, 2.75) is 12.5 Å². The van der Waals surface area contributed by atoms with Crippen LogP contribution in [-0.4, -0.2) is 36.9 Å². The van der Waals surface area contributed by atoms with Crippen LogP contribution in [0.2, 0.25) is 0 Å². The van der Waals surface area contributed by atoms with Crippen LogP contribution in [0.3, 0.4) is 0 Å². The van der Waals surface area contributed by atoms with Gasteiger partial charge in [-0.25, -0.2) is 13.4 Å². The minimum Gasteiger partial charge on any atom is -0.383 e. The fourth-order valence-electron chi connectivity index (χ4n) is 2.51. The molecule has 0 saturated carbocycles. The normalized spacial score (nSPS) is 20.5. The zero-order valence-electron chi connectivity index (χ0n) is 11.2. The Bertz CT molecular complexity index is 817. The molecule has 3 N–H and O–H groups in total. The third-order valence-corrected chi connectivity index (χ3v) is 5.34. The number of rotatable bonds is 2. The first-order valence-corrected chi connectivity index (χ1v) is 8.43. The van der Waals surface area contributed by atoms with Gasteiger partial charge in [0, 0.05) is 11.4 Å². The molecule has 3 rings (SSSR count). The monoisotopic (exact) mass is 305 g/mol. The van der Waals surface area contributed by atoms with Gasteiger partial charge in [-0.2, -0.15) is 0 Å². The molecule has 2 aromatic rings. The van der Waals surface area contributed by atoms with E-state index in [4.69, 9.17) is 5.73 Å². The number of nitrogens with zero attached hydrogens (tertiary/aromatic N) is 1. The fraction of sp³-hybridized carbons (Fsp3) is 0.286. The molecule has 7 heteroatoms. The molecule has 1 unspecified atom stereocenters. The fourth-order valence-corrected chi connectivity index (χ4v) is 4.18. The van der Waals surface area contributed by atoms with Crippen LogP contribution >= 0.6 is 0 Å². The standard InChI is InChI=1S/C14H15N3O3S/c15-13-11-4-2-1-3-9(11)7-12(17-13)14(18)16-10-5-6-21(19,20)8-10/h1-4,7,10H,5-6,8H2,(H2,15,17)(H,16,18). The van der Waals surface area contributed by atoms with Crippen molar-refractivity contribution < 1.29 is 13.2 Å². The molecular formula is C14H15N3O3S. The summed E-state index contributed by atoms with van der Waals surface area (Å²) in [5.74, 6) is -0.000568. The second-order valence-corrected chi connectivity index (χ2v) is 7.42. The van der Waals surface area contributed by atoms with Crippen LogP contribution in [0.15, 0.2) is 30.3 Å². The Morgan fingerprint density at radius 1 is 1.33 bits per heavy atom. The van der Waals surface area contributed by atoms with Gasteiger partial charge in [-0.3, -0.25) is 4.79 Å². The summed E-state index contributed by atoms with van der Waals surface area (Å²) in [7, 11) is -3.03. The van der Waals surface area contributed by atoms with Crippen molar-refractivity contribution in [1.29, 1.82) is 0 Å². The van der Waals surface area contributed by atoms with Gasteiger partial charge in [0.2, 0.25) is 0 Å². The van der Waals surface area contributed by atoms with E-state index in [2.05, 4.69) is 10.3 Å². The number of carbonyl (C=O) groups is 1. The number of pyridine rings is 1. The van der Waals surface area contributed by atoms with Crippen LogP contribution in [-0.2, 0) is 9.84 Å². The van der Waals surface area contributed by atoms with Crippen molar-refractivity contribution in [1.82, 2.24) is 10.3 Å². The van der Waals surface area contributed by atoms with Crippen molar-refractivity contribution in [3.8, 4) is 0 Å². The van der Waals surface area contributed by atoms with E-state index in [1.165, 1.54) is 0 Å². The quantitative estimate of drug-likeness (QED) is 0.851. The molecule has 6 nitrogen and oxygen atoms in total. The van der Waals surface area contributed by atoms with Crippen LogP contribution in [0.1, 0.15) is 16.9 Å². The van der Waals surface area contributed by atoms with Crippen molar-refractivity contribution in [2.24, 2.45) is 0 Å². The van der Waals surface area contributed by atoms with Crippen LogP contribution in [0, 0.1) is 0 Å². The zero-order valence-corrected chi connectivity index (χ0v) is 12.1. The number of anilines is 1. The minimum absolute atomic E-state index is 0.0121. The summed E-state index contributed by atoms with van der Waals surface area (Å²) >= 11 is 0. The number of fused-ring (bicyclic) bond motifs is 1. The van der Waals surface area contributed by atoms with E-state index in [0.29, 0.717) is 6.42 Å². The first kappa shape index (κ1) is 13.8. The van der Waals surface area contributed by atoms with E-state index in [9.17, 15) is 13.2 Å². The van der Waals surface area contributed by atoms with Crippen molar-refractivity contribution >= 4 is 32.3 Å². The Balaban J connectivity index is 1.85. The lowest BCUT2D eigenvalue weighted by atomic mass is 10.1. The Morgan fingerprint density at radius 3 is 2.81 bits per heavy atom. The van der Waals surface area contributed by atoms with Gasteiger partial charge in [-0.05, 0) is 17.9 Å². The molecule has 2 heterocycles. The topological polar surface area (TPSA) is 102 Å². The first-order chi connectivity index (χ1) is 9.94. The van der Waals surface area contributed by atoms with E-state index >= 15 is 0 Å². The smallest absolute Gasteiger partial charge is 0.270 e. The van der Waals surface area contributed by atoms with Crippen LogP contribution < -0.4 is 11.1 Å². The maximum Gasteiger partial charge on any atom is 0.270 e. The highest BCUT2D eigenvalue weighted by Gasteiger charge is 2.29. The molecule has 1 saturated heterocycles. The third-order valence-electron chi connectivity index (χ3n) is 3.57. The lowest BCUT2D eigenvalue weighted by molar-refractivity contribution is 0.0936. The number of nitrogens with two attached hydrogens (primary N) is 1. The number of nitrogens with one attached hydrogen (secondary N) is 1. The number of carbonyl (C=O) groups excluding carboxylic acids is 1. The van der Waals surface area contributed by atoms with Crippen molar-refractivity contribution in [2.75, 3.05) is 17.2 Å². The largest absolute Gasteiger partial charge is 0.383 e. The summed E-state index contributed by atoms with van der Waals surface area (Å²) in [5.41, 5.74) is 6.06. The number of hydrogen-bond donors (Lipinski definition) is 2. The highest BCUT2D eigenvalue weighted by atomic mass is 32.2. The number of benzene rings is 1. The average molecular weight is 305 g/mol. The lowest BCUT2D eigenvalue weighted by Gasteiger charge is -2.11. The number of nitrogen functional groups attached to an aromatic ring is 1. The van der Waals surface area contributed by atoms with Gasteiger partial charge in [0.15, 0.2) is 9.84 Å². The molecule has 0 spiro atoms. The second kappa shape index (κ2) is 5.00. The molecule has 0 radical (unpaired) electrons. The van der Waals surface area contributed by atoms with Crippen molar-refractivity contribution in [3.63, 3.8) is 0 Å². The second-order valence-electron chi connectivity index (χ2n) is 5.19. The Hall–Kier alpha value is -2.15. The summed E-state index contributed by atoms with van der Waals surface area (Å²) in [6.07, 6.45) is 0.442. The molecule has 110 valence electrons. The van der Waals surface area contributed by atoms with Gasteiger partial charge >= 0.3 is 0 Å². The van der Waals surface area contributed by atoms with Gasteiger partial charge in [-0.15, -0.1) is 0 Å². The number of sulfone groups is 1. The van der Waals surface area contributed by atoms with Crippen molar-refractivity contribution in [3.05, 3.63) is 36.0 Å². The maximum atomic E-state index is 12.2. The van der Waals surface area contributed by atoms with Crippen LogP contribution in [0.5, 0.6) is 0 Å². The van der Waals surface area contributed by atoms with E-state index in [-0.39, 0.29) is 29.1 Å². The Labute approximate surface area is 122 Å². The van der Waals surface area contributed by atoms with Gasteiger partial charge in [-0.1, -0.05) is 24.3 Å².